The Morgan fingerprint density at radius 1 is 0.449 bits per heavy atom. The number of ether oxygens (including phenoxy) is 1. The molecule has 5 amide bonds. The van der Waals surface area contributed by atoms with E-state index in [9.17, 15) is 33.9 Å². The van der Waals surface area contributed by atoms with Crippen molar-refractivity contribution in [1.29, 1.82) is 0 Å². The molecule has 15 heteroatoms. The number of amides is 5. The maximum atomic E-state index is 14.6. The minimum atomic E-state index is -1.25. The van der Waals surface area contributed by atoms with Crippen LogP contribution in [0.15, 0.2) is 140 Å². The van der Waals surface area contributed by atoms with E-state index in [2.05, 4.69) is 26.6 Å². The Morgan fingerprint density at radius 2 is 0.797 bits per heavy atom. The van der Waals surface area contributed by atoms with Gasteiger partial charge in [0.25, 0.3) is 0 Å². The Morgan fingerprint density at radius 3 is 1.22 bits per heavy atom. The molecule has 15 nitrogen and oxygen atoms in total. The second-order valence-electron chi connectivity index (χ2n) is 17.2. The highest BCUT2D eigenvalue weighted by Crippen LogP contribution is 2.44. The Balaban J connectivity index is 1.22. The maximum Gasteiger partial charge on any atom is 0.407 e. The predicted octanol–water partition coefficient (Wildman–Crippen LogP) is 4.90. The van der Waals surface area contributed by atoms with Gasteiger partial charge >= 0.3 is 12.1 Å². The number of alkyl carbamates (subject to hydrolysis) is 1. The monoisotopic (exact) mass is 937 g/mol. The number of carboxylic acids is 1. The summed E-state index contributed by atoms with van der Waals surface area (Å²) in [6, 6.07) is 37.1. The fraction of sp³-hybridized carbons (Fsp3) is 0.333. The first-order valence-electron chi connectivity index (χ1n) is 23.6. The number of hydrogen-bond acceptors (Lipinski definition) is 9. The molecule has 0 saturated carbocycles. The number of carboxylic acid groups (broad SMARTS) is 1. The van der Waals surface area contributed by atoms with Crippen LogP contribution in [-0.2, 0) is 48.0 Å². The summed E-state index contributed by atoms with van der Waals surface area (Å²) in [5.41, 5.74) is 17.7. The lowest BCUT2D eigenvalue weighted by molar-refractivity contribution is -0.142. The van der Waals surface area contributed by atoms with Crippen molar-refractivity contribution < 1.29 is 38.6 Å². The number of hydrogen-bond donors (Lipinski definition) is 8. The van der Waals surface area contributed by atoms with E-state index >= 15 is 0 Å². The quantitative estimate of drug-likeness (QED) is 0.0349. The lowest BCUT2D eigenvalue weighted by atomic mass is 9.98. The summed E-state index contributed by atoms with van der Waals surface area (Å²) in [6.45, 7) is 0.733. The van der Waals surface area contributed by atoms with Crippen molar-refractivity contribution in [2.24, 2.45) is 11.5 Å². The average molecular weight is 938 g/mol. The van der Waals surface area contributed by atoms with Crippen molar-refractivity contribution in [2.45, 2.75) is 93.9 Å². The van der Waals surface area contributed by atoms with Gasteiger partial charge in [-0.25, -0.2) is 9.59 Å². The van der Waals surface area contributed by atoms with Gasteiger partial charge < -0.3 is 47.9 Å². The molecule has 0 heterocycles. The van der Waals surface area contributed by atoms with Crippen molar-refractivity contribution >= 4 is 35.7 Å². The zero-order valence-electron chi connectivity index (χ0n) is 38.7. The minimum Gasteiger partial charge on any atom is -0.480 e. The fourth-order valence-corrected chi connectivity index (χ4v) is 8.56. The molecule has 0 radical (unpaired) electrons. The van der Waals surface area contributed by atoms with Gasteiger partial charge in [0.2, 0.25) is 23.6 Å². The molecule has 5 aromatic carbocycles. The first kappa shape index (κ1) is 51.0. The first-order chi connectivity index (χ1) is 33.5. The molecule has 0 aliphatic heterocycles. The van der Waals surface area contributed by atoms with Gasteiger partial charge in [0.15, 0.2) is 0 Å². The van der Waals surface area contributed by atoms with E-state index in [0.29, 0.717) is 49.9 Å². The van der Waals surface area contributed by atoms with Gasteiger partial charge in [-0.1, -0.05) is 140 Å². The summed E-state index contributed by atoms with van der Waals surface area (Å²) in [7, 11) is 0. The van der Waals surface area contributed by atoms with Crippen molar-refractivity contribution in [2.75, 3.05) is 19.7 Å². The van der Waals surface area contributed by atoms with Crippen LogP contribution in [0.2, 0.25) is 0 Å². The number of nitrogens with one attached hydrogen (secondary N) is 5. The fourth-order valence-electron chi connectivity index (χ4n) is 8.56. The Labute approximate surface area is 403 Å². The summed E-state index contributed by atoms with van der Waals surface area (Å²) in [6.07, 6.45) is 1.64. The lowest BCUT2D eigenvalue weighted by Crippen LogP contribution is -2.59. The molecule has 5 atom stereocenters. The summed E-state index contributed by atoms with van der Waals surface area (Å²) in [5.74, 6) is -4.17. The van der Waals surface area contributed by atoms with Crippen molar-refractivity contribution in [3.8, 4) is 11.1 Å². The third-order valence-corrected chi connectivity index (χ3v) is 12.2. The van der Waals surface area contributed by atoms with E-state index in [1.165, 1.54) is 0 Å². The summed E-state index contributed by atoms with van der Waals surface area (Å²) in [5, 5.41) is 23.8. The van der Waals surface area contributed by atoms with Gasteiger partial charge in [-0.2, -0.15) is 0 Å². The molecule has 0 spiro atoms. The van der Waals surface area contributed by atoms with Crippen LogP contribution >= 0.6 is 0 Å². The maximum absolute atomic E-state index is 14.6. The Bertz CT molecular complexity index is 2430. The molecular weight excluding hydrogens is 875 g/mol. The van der Waals surface area contributed by atoms with Gasteiger partial charge in [-0.15, -0.1) is 0 Å². The van der Waals surface area contributed by atoms with E-state index in [1.807, 2.05) is 103 Å². The average Bonchev–Trinajstić information content (AvgIpc) is 3.68. The number of unbranched alkanes of at least 4 members (excludes halogenated alkanes) is 2. The number of aliphatic carboxylic acids is 1. The van der Waals surface area contributed by atoms with Gasteiger partial charge in [-0.05, 0) is 90.6 Å². The molecule has 5 unspecified atom stereocenters. The zero-order valence-corrected chi connectivity index (χ0v) is 38.7. The minimum absolute atomic E-state index is 0.0123. The Hall–Kier alpha value is -7.36. The molecule has 5 aromatic rings. The zero-order chi connectivity index (χ0) is 49.0. The molecular formula is C54H63N7O8. The molecule has 0 aromatic heterocycles. The molecule has 69 heavy (non-hydrogen) atoms. The molecule has 0 bridgehead atoms. The van der Waals surface area contributed by atoms with E-state index in [4.69, 9.17) is 16.2 Å². The number of rotatable bonds is 26. The lowest BCUT2D eigenvalue weighted by Gasteiger charge is -2.27. The number of nitrogens with two attached hydrogens (primary N) is 2. The number of fused-ring (bicyclic) bond motifs is 3. The van der Waals surface area contributed by atoms with Gasteiger partial charge in [-0.3, -0.25) is 19.2 Å². The van der Waals surface area contributed by atoms with Gasteiger partial charge in [0.1, 0.15) is 36.8 Å². The van der Waals surface area contributed by atoms with Gasteiger partial charge in [0, 0.05) is 25.2 Å². The second kappa shape index (κ2) is 26.3. The second-order valence-corrected chi connectivity index (χ2v) is 17.2. The topological polar surface area (TPSA) is 244 Å². The number of carbonyl (C=O) groups is 6. The van der Waals surface area contributed by atoms with Crippen molar-refractivity contribution in [3.05, 3.63) is 167 Å². The van der Waals surface area contributed by atoms with Crippen LogP contribution in [0.4, 0.5) is 4.79 Å². The normalized spacial score (nSPS) is 13.8. The standard InChI is InChI=1S/C54H63N7O8/c55-30-16-14-28-44(49(62)58-45(53(66)67)29-15-17-31-56)57-50(63)46(32-36-18-4-1-5-19-36)59-51(64)47(33-37-20-6-2-7-21-37)60-52(65)48(34-38-22-8-3-9-23-38)61-54(68)69-35-43-41-26-12-10-24-39(41)40-25-11-13-27-42(40)43/h1-13,18-27,43-48H,14-17,28-35,55-56H2,(H,57,63)(H,58,62)(H,59,64)(H,60,65)(H,61,68)(H,66,67). The predicted molar refractivity (Wildman–Crippen MR) is 264 cm³/mol. The molecule has 1 aliphatic rings. The van der Waals surface area contributed by atoms with Crippen LogP contribution in [0.1, 0.15) is 72.3 Å². The smallest absolute Gasteiger partial charge is 0.407 e. The molecule has 10 N–H and O–H groups in total. The van der Waals surface area contributed by atoms with Crippen molar-refractivity contribution in [1.82, 2.24) is 26.6 Å². The third-order valence-electron chi connectivity index (χ3n) is 12.2. The van der Waals surface area contributed by atoms with Crippen LogP contribution in [0.3, 0.4) is 0 Å². The van der Waals surface area contributed by atoms with E-state index in [-0.39, 0.29) is 44.6 Å². The summed E-state index contributed by atoms with van der Waals surface area (Å²) >= 11 is 0. The molecule has 0 fully saturated rings. The first-order valence-corrected chi connectivity index (χ1v) is 23.6. The number of carbonyl (C=O) groups excluding carboxylic acids is 5. The highest BCUT2D eigenvalue weighted by atomic mass is 16.5. The van der Waals surface area contributed by atoms with Crippen LogP contribution in [0.25, 0.3) is 11.1 Å². The highest BCUT2D eigenvalue weighted by Gasteiger charge is 2.34. The summed E-state index contributed by atoms with van der Waals surface area (Å²) in [4.78, 5) is 83.1. The van der Waals surface area contributed by atoms with Gasteiger partial charge in [0.05, 0.1) is 0 Å². The Kier molecular flexibility index (Phi) is 19.4. The summed E-state index contributed by atoms with van der Waals surface area (Å²) < 4.78 is 5.85. The molecule has 0 saturated heterocycles. The number of benzene rings is 5. The van der Waals surface area contributed by atoms with Crippen LogP contribution in [0.5, 0.6) is 0 Å². The van der Waals surface area contributed by atoms with Crippen LogP contribution < -0.4 is 38.1 Å². The highest BCUT2D eigenvalue weighted by molar-refractivity contribution is 5.96. The van der Waals surface area contributed by atoms with Crippen molar-refractivity contribution in [3.63, 3.8) is 0 Å². The SMILES string of the molecule is NCCCCC(NC(=O)C(CCCCN)NC(=O)C(Cc1ccccc1)NC(=O)C(Cc1ccccc1)NC(=O)C(Cc1ccccc1)NC(=O)OCC1c2ccccc2-c2ccccc21)C(=O)O. The largest absolute Gasteiger partial charge is 0.480 e. The van der Waals surface area contributed by atoms with Crippen LogP contribution in [-0.4, -0.2) is 90.7 Å². The molecule has 6 rings (SSSR count). The van der Waals surface area contributed by atoms with E-state index < -0.39 is 65.9 Å². The van der Waals surface area contributed by atoms with E-state index in [1.54, 1.807) is 36.4 Å². The molecule has 1 aliphatic carbocycles. The van der Waals surface area contributed by atoms with Crippen LogP contribution in [0, 0.1) is 0 Å². The third kappa shape index (κ3) is 15.1. The molecule has 362 valence electrons. The van der Waals surface area contributed by atoms with E-state index in [0.717, 1.165) is 27.8 Å².